The number of fused-ring (bicyclic) bond motifs is 1. The highest BCUT2D eigenvalue weighted by atomic mass is 32.1. The van der Waals surface area contributed by atoms with Crippen molar-refractivity contribution in [2.75, 3.05) is 4.90 Å². The Kier molecular flexibility index (Phi) is 4.67. The fourth-order valence-corrected chi connectivity index (χ4v) is 5.08. The van der Waals surface area contributed by atoms with Gasteiger partial charge in [-0.2, -0.15) is 0 Å². The summed E-state index contributed by atoms with van der Waals surface area (Å²) >= 11 is 1.31. The van der Waals surface area contributed by atoms with E-state index in [9.17, 15) is 23.5 Å². The van der Waals surface area contributed by atoms with E-state index in [1.165, 1.54) is 17.4 Å². The molecule has 2 N–H and O–H groups in total. The van der Waals surface area contributed by atoms with Crippen LogP contribution >= 0.6 is 11.3 Å². The first-order chi connectivity index (χ1) is 15.4. The number of aliphatic hydroxyl groups is 1. The van der Waals surface area contributed by atoms with Gasteiger partial charge in [-0.25, -0.2) is 8.78 Å². The molecule has 3 heterocycles. The average molecular weight is 450 g/mol. The molecule has 1 unspecified atom stereocenters. The zero-order valence-electron chi connectivity index (χ0n) is 16.7. The van der Waals surface area contributed by atoms with E-state index in [0.717, 1.165) is 28.1 Å². The van der Waals surface area contributed by atoms with Gasteiger partial charge in [0.25, 0.3) is 11.7 Å². The Labute approximate surface area is 185 Å². The lowest BCUT2D eigenvalue weighted by atomic mass is 9.98. The van der Waals surface area contributed by atoms with Gasteiger partial charge in [-0.15, -0.1) is 11.3 Å². The molecule has 0 spiro atoms. The number of carbonyl (C=O) groups is 2. The molecule has 0 saturated carbocycles. The highest BCUT2D eigenvalue weighted by Gasteiger charge is 2.48. The largest absolute Gasteiger partial charge is 0.507 e. The van der Waals surface area contributed by atoms with Crippen molar-refractivity contribution in [3.05, 3.63) is 93.3 Å². The lowest BCUT2D eigenvalue weighted by Crippen LogP contribution is -2.29. The van der Waals surface area contributed by atoms with Crippen molar-refractivity contribution in [1.82, 2.24) is 4.98 Å². The summed E-state index contributed by atoms with van der Waals surface area (Å²) < 4.78 is 27.5. The molecule has 1 aliphatic rings. The molecular formula is C24H16F2N2O3S. The molecule has 2 aromatic carbocycles. The minimum atomic E-state index is -1.14. The second-order valence-electron chi connectivity index (χ2n) is 7.48. The molecule has 1 atom stereocenters. The van der Waals surface area contributed by atoms with Crippen LogP contribution in [0.5, 0.6) is 0 Å². The third-order valence-electron chi connectivity index (χ3n) is 5.62. The number of nitrogens with zero attached hydrogens (tertiary/aromatic N) is 1. The van der Waals surface area contributed by atoms with E-state index in [1.807, 2.05) is 30.5 Å². The molecule has 160 valence electrons. The summed E-state index contributed by atoms with van der Waals surface area (Å²) in [5, 5.41) is 13.7. The number of hydrogen-bond donors (Lipinski definition) is 2. The number of rotatable bonds is 3. The topological polar surface area (TPSA) is 73.4 Å². The van der Waals surface area contributed by atoms with Crippen molar-refractivity contribution in [1.29, 1.82) is 0 Å². The molecule has 2 aromatic heterocycles. The highest BCUT2D eigenvalue weighted by Crippen LogP contribution is 2.45. The zero-order valence-corrected chi connectivity index (χ0v) is 17.5. The van der Waals surface area contributed by atoms with Crippen LogP contribution in [0, 0.1) is 18.6 Å². The van der Waals surface area contributed by atoms with E-state index in [4.69, 9.17) is 0 Å². The second-order valence-corrected chi connectivity index (χ2v) is 8.43. The molecule has 5 nitrogen and oxygen atoms in total. The minimum Gasteiger partial charge on any atom is -0.507 e. The van der Waals surface area contributed by atoms with Gasteiger partial charge in [0.1, 0.15) is 11.8 Å². The quantitative estimate of drug-likeness (QED) is 0.248. The third kappa shape index (κ3) is 2.95. The molecule has 0 aliphatic carbocycles. The summed E-state index contributed by atoms with van der Waals surface area (Å²) in [5.41, 5.74) is 1.87. The molecule has 0 bridgehead atoms. The maximum Gasteiger partial charge on any atom is 0.300 e. The van der Waals surface area contributed by atoms with Gasteiger partial charge >= 0.3 is 0 Å². The van der Waals surface area contributed by atoms with Gasteiger partial charge in [-0.05, 0) is 42.1 Å². The van der Waals surface area contributed by atoms with Gasteiger partial charge in [0.05, 0.1) is 5.57 Å². The maximum atomic E-state index is 14.0. The molecule has 1 fully saturated rings. The first kappa shape index (κ1) is 20.1. The number of H-pyrrole nitrogens is 1. The van der Waals surface area contributed by atoms with Crippen molar-refractivity contribution in [2.24, 2.45) is 0 Å². The number of aromatic amines is 1. The predicted molar refractivity (Wildman–Crippen MR) is 118 cm³/mol. The van der Waals surface area contributed by atoms with Crippen molar-refractivity contribution >= 4 is 45.4 Å². The minimum absolute atomic E-state index is 0.0294. The van der Waals surface area contributed by atoms with Gasteiger partial charge in [0, 0.05) is 39.3 Å². The van der Waals surface area contributed by atoms with Crippen LogP contribution in [0.2, 0.25) is 0 Å². The Balaban J connectivity index is 1.77. The van der Waals surface area contributed by atoms with Crippen molar-refractivity contribution in [3.63, 3.8) is 0 Å². The summed E-state index contributed by atoms with van der Waals surface area (Å²) in [6, 6.07) is 11.1. The number of hydrogen-bond acceptors (Lipinski definition) is 4. The Bertz CT molecular complexity index is 1440. The van der Waals surface area contributed by atoms with Crippen LogP contribution in [0.25, 0.3) is 16.7 Å². The van der Waals surface area contributed by atoms with Gasteiger partial charge in [-0.3, -0.25) is 14.5 Å². The van der Waals surface area contributed by atoms with Crippen LogP contribution in [0.15, 0.2) is 65.7 Å². The van der Waals surface area contributed by atoms with Crippen LogP contribution in [0.4, 0.5) is 14.5 Å². The number of para-hydroxylation sites is 1. The standard InChI is InChI=1S/C24H16F2N2O3S/c1-12-8-9-32-23(12)20-19(21(29)15-11-27-18-5-3-2-4-14(15)18)22(30)24(31)28(20)13-6-7-16(25)17(26)10-13/h2-11,20,27,29H,1H3/b21-19+. The third-order valence-corrected chi connectivity index (χ3v) is 6.69. The first-order valence-corrected chi connectivity index (χ1v) is 10.6. The molecule has 32 heavy (non-hydrogen) atoms. The van der Waals surface area contributed by atoms with Gasteiger partial charge in [0.2, 0.25) is 0 Å². The van der Waals surface area contributed by atoms with E-state index in [1.54, 1.807) is 18.3 Å². The average Bonchev–Trinajstić information content (AvgIpc) is 3.46. The maximum absolute atomic E-state index is 14.0. The number of amides is 1. The number of aliphatic hydroxyl groups excluding tert-OH is 1. The summed E-state index contributed by atoms with van der Waals surface area (Å²) in [6.07, 6.45) is 1.57. The number of ketones is 1. The van der Waals surface area contributed by atoms with E-state index < -0.39 is 29.4 Å². The van der Waals surface area contributed by atoms with Gasteiger partial charge in [0.15, 0.2) is 11.6 Å². The SMILES string of the molecule is Cc1ccsc1C1/C(=C(\O)c2c[nH]c3ccccc23)C(=O)C(=O)N1c1ccc(F)c(F)c1. The Morgan fingerprint density at radius 3 is 2.59 bits per heavy atom. The highest BCUT2D eigenvalue weighted by molar-refractivity contribution is 7.10. The molecule has 1 aliphatic heterocycles. The normalized spacial score (nSPS) is 18.1. The Hall–Kier alpha value is -3.78. The first-order valence-electron chi connectivity index (χ1n) is 9.75. The van der Waals surface area contributed by atoms with Crippen molar-refractivity contribution < 1.29 is 23.5 Å². The van der Waals surface area contributed by atoms with E-state index >= 15 is 0 Å². The van der Waals surface area contributed by atoms with Crippen LogP contribution in [0.1, 0.15) is 22.0 Å². The van der Waals surface area contributed by atoms with Gasteiger partial charge in [-0.1, -0.05) is 18.2 Å². The van der Waals surface area contributed by atoms with E-state index in [0.29, 0.717) is 15.8 Å². The van der Waals surface area contributed by atoms with E-state index in [2.05, 4.69) is 4.98 Å². The zero-order chi connectivity index (χ0) is 22.6. The summed E-state index contributed by atoms with van der Waals surface area (Å²) in [5.74, 6) is -4.34. The Morgan fingerprint density at radius 1 is 1.09 bits per heavy atom. The number of carbonyl (C=O) groups excluding carboxylic acids is 2. The number of nitrogens with one attached hydrogen (secondary N) is 1. The van der Waals surface area contributed by atoms with Crippen LogP contribution in [0.3, 0.4) is 0 Å². The smallest absolute Gasteiger partial charge is 0.300 e. The monoisotopic (exact) mass is 450 g/mol. The second kappa shape index (κ2) is 7.42. The number of aromatic nitrogens is 1. The lowest BCUT2D eigenvalue weighted by Gasteiger charge is -2.25. The predicted octanol–water partition coefficient (Wildman–Crippen LogP) is 5.44. The number of Topliss-reactive ketones (excluding diaryl/α,β-unsaturated/α-hetero) is 1. The molecule has 4 aromatic rings. The van der Waals surface area contributed by atoms with Gasteiger partial charge < -0.3 is 10.1 Å². The number of benzene rings is 2. The molecular weight excluding hydrogens is 434 g/mol. The Morgan fingerprint density at radius 2 is 1.88 bits per heavy atom. The fourth-order valence-electron chi connectivity index (χ4n) is 4.06. The van der Waals surface area contributed by atoms with Crippen molar-refractivity contribution in [2.45, 2.75) is 13.0 Å². The number of thiophene rings is 1. The lowest BCUT2D eigenvalue weighted by molar-refractivity contribution is -0.132. The summed E-state index contributed by atoms with van der Waals surface area (Å²) in [7, 11) is 0. The van der Waals surface area contributed by atoms with Crippen molar-refractivity contribution in [3.8, 4) is 0 Å². The van der Waals surface area contributed by atoms with Crippen LogP contribution < -0.4 is 4.90 Å². The number of anilines is 1. The summed E-state index contributed by atoms with van der Waals surface area (Å²) in [6.45, 7) is 1.82. The summed E-state index contributed by atoms with van der Waals surface area (Å²) in [4.78, 5) is 31.0. The number of aryl methyl sites for hydroxylation is 1. The molecule has 1 saturated heterocycles. The van der Waals surface area contributed by atoms with Crippen LogP contribution in [-0.4, -0.2) is 21.8 Å². The molecule has 5 rings (SSSR count). The molecule has 0 radical (unpaired) electrons. The van der Waals surface area contributed by atoms with E-state index in [-0.39, 0.29) is 17.0 Å². The number of halogens is 2. The fraction of sp³-hybridized carbons (Fsp3) is 0.0833. The molecule has 1 amide bonds. The molecule has 8 heteroatoms. The van der Waals surface area contributed by atoms with Crippen LogP contribution in [-0.2, 0) is 9.59 Å².